The third-order valence-corrected chi connectivity index (χ3v) is 20.6. The molecule has 0 radical (unpaired) electrons. The summed E-state index contributed by atoms with van der Waals surface area (Å²) in [4.78, 5) is 36.0. The van der Waals surface area contributed by atoms with E-state index < -0.39 is 26.5 Å². The van der Waals surface area contributed by atoms with E-state index in [9.17, 15) is 19.0 Å². The number of esters is 2. The van der Waals surface area contributed by atoms with Gasteiger partial charge < -0.3 is 18.9 Å². The number of ether oxygens (including phenoxy) is 2. The molecule has 0 aromatic carbocycles. The number of carbonyl (C=O) groups excluding carboxylic acids is 2. The molecular weight excluding hydrogens is 1220 g/mol. The minimum absolute atomic E-state index is 0.0351. The lowest BCUT2D eigenvalue weighted by Crippen LogP contribution is -2.37. The Kier molecular flexibility index (Phi) is 76.5. The van der Waals surface area contributed by atoms with Crippen molar-refractivity contribution < 1.29 is 42.1 Å². The number of allylic oxidation sites excluding steroid dienone is 8. The number of likely N-dealkylation sites (N-methyl/N-ethyl adjacent to an activating group) is 1. The van der Waals surface area contributed by atoms with Crippen LogP contribution < -0.4 is 0 Å². The molecule has 0 fully saturated rings. The van der Waals surface area contributed by atoms with Crippen molar-refractivity contribution in [1.29, 1.82) is 0 Å². The van der Waals surface area contributed by atoms with Gasteiger partial charge in [-0.15, -0.1) is 0 Å². The van der Waals surface area contributed by atoms with Gasteiger partial charge in [0.1, 0.15) is 19.8 Å². The second-order valence-electron chi connectivity index (χ2n) is 30.6. The van der Waals surface area contributed by atoms with E-state index in [2.05, 4.69) is 62.5 Å². The van der Waals surface area contributed by atoms with Gasteiger partial charge in [-0.3, -0.25) is 18.6 Å². The molecule has 0 aromatic heterocycles. The fourth-order valence-electron chi connectivity index (χ4n) is 13.1. The molecule has 0 aromatic rings. The van der Waals surface area contributed by atoms with Gasteiger partial charge in [0.05, 0.1) is 27.7 Å². The number of unbranched alkanes of at least 4 members (excludes halogenated alkanes) is 59. The maximum absolute atomic E-state index is 12.9. The van der Waals surface area contributed by atoms with E-state index in [0.29, 0.717) is 23.9 Å². The predicted octanol–water partition coefficient (Wildman–Crippen LogP) is 28.7. The van der Waals surface area contributed by atoms with E-state index in [4.69, 9.17) is 18.5 Å². The zero-order valence-corrected chi connectivity index (χ0v) is 66.5. The van der Waals surface area contributed by atoms with Crippen LogP contribution in [0.3, 0.4) is 0 Å². The molecule has 0 amide bonds. The molecule has 1 N–H and O–H groups in total. The van der Waals surface area contributed by atoms with Crippen LogP contribution in [-0.4, -0.2) is 74.9 Å². The average molecular weight is 1390 g/mol. The van der Waals surface area contributed by atoms with Gasteiger partial charge in [0, 0.05) is 12.8 Å². The lowest BCUT2D eigenvalue weighted by Gasteiger charge is -2.24. The van der Waals surface area contributed by atoms with Gasteiger partial charge in [-0.2, -0.15) is 0 Å². The summed E-state index contributed by atoms with van der Waals surface area (Å²) in [6, 6.07) is 0. The minimum Gasteiger partial charge on any atom is -0.462 e. The van der Waals surface area contributed by atoms with Crippen LogP contribution in [0.25, 0.3) is 0 Å². The third-order valence-electron chi connectivity index (χ3n) is 19.6. The predicted molar refractivity (Wildman–Crippen MR) is 423 cm³/mol. The monoisotopic (exact) mass is 1390 g/mol. The van der Waals surface area contributed by atoms with Crippen LogP contribution in [-0.2, 0) is 32.7 Å². The highest BCUT2D eigenvalue weighted by Crippen LogP contribution is 2.43. The van der Waals surface area contributed by atoms with Crippen LogP contribution in [0.1, 0.15) is 444 Å². The van der Waals surface area contributed by atoms with Crippen LogP contribution in [0.15, 0.2) is 48.6 Å². The molecule has 0 heterocycles. The summed E-state index contributed by atoms with van der Waals surface area (Å²) in [6.45, 7) is 4.41. The largest absolute Gasteiger partial charge is 0.472 e. The highest BCUT2D eigenvalue weighted by atomic mass is 31.2. The molecule has 0 aliphatic heterocycles. The number of nitrogens with zero attached hydrogens (tertiary/aromatic N) is 1. The normalized spacial score (nSPS) is 13.2. The highest BCUT2D eigenvalue weighted by Gasteiger charge is 2.27. The van der Waals surface area contributed by atoms with Crippen LogP contribution in [0.4, 0.5) is 0 Å². The number of phosphoric acid groups is 1. The van der Waals surface area contributed by atoms with Gasteiger partial charge in [0.15, 0.2) is 6.10 Å². The zero-order valence-electron chi connectivity index (χ0n) is 65.6. The molecule has 10 heteroatoms. The molecular formula is C87H167NO8P+. The summed E-state index contributed by atoms with van der Waals surface area (Å²) in [5.74, 6) is -0.770. The molecule has 0 spiro atoms. The van der Waals surface area contributed by atoms with Crippen LogP contribution in [0.2, 0.25) is 0 Å². The molecule has 0 aliphatic carbocycles. The topological polar surface area (TPSA) is 108 Å². The summed E-state index contributed by atoms with van der Waals surface area (Å²) in [7, 11) is 1.50. The SMILES string of the molecule is CC/C=C\C/C=C\C/C=C\C/C=C\CCCCCCCCCCCCCCCCCCCCCCCCC(=O)OC(COC(=O)CCCCCCCCCCCCCCCCCCCCCCCCCCCCCCCCCCCCCCCC)COP(=O)(O)OCC[N+](C)(C)C. The zero-order chi connectivity index (χ0) is 70.4. The van der Waals surface area contributed by atoms with Crippen LogP contribution in [0, 0.1) is 0 Å². The van der Waals surface area contributed by atoms with E-state index in [1.807, 2.05) is 21.1 Å². The Morgan fingerprint density at radius 2 is 0.588 bits per heavy atom. The van der Waals surface area contributed by atoms with Crippen molar-refractivity contribution in [2.24, 2.45) is 0 Å². The number of phosphoric ester groups is 1. The second-order valence-corrected chi connectivity index (χ2v) is 32.0. The molecule has 0 saturated heterocycles. The van der Waals surface area contributed by atoms with Gasteiger partial charge in [-0.05, 0) is 51.4 Å². The van der Waals surface area contributed by atoms with Crippen molar-refractivity contribution in [1.82, 2.24) is 0 Å². The van der Waals surface area contributed by atoms with Crippen molar-refractivity contribution in [2.75, 3.05) is 47.5 Å². The number of hydrogen-bond acceptors (Lipinski definition) is 7. The number of rotatable bonds is 81. The third kappa shape index (κ3) is 82.8. The molecule has 0 rings (SSSR count). The van der Waals surface area contributed by atoms with Crippen LogP contribution in [0.5, 0.6) is 0 Å². The molecule has 2 unspecified atom stereocenters. The van der Waals surface area contributed by atoms with E-state index >= 15 is 0 Å². The number of hydrogen-bond donors (Lipinski definition) is 1. The number of quaternary nitrogens is 1. The summed E-state index contributed by atoms with van der Waals surface area (Å²) in [5, 5.41) is 0. The first kappa shape index (κ1) is 95.0. The summed E-state index contributed by atoms with van der Waals surface area (Å²) in [5.41, 5.74) is 0. The first-order valence-electron chi connectivity index (χ1n) is 42.9. The van der Waals surface area contributed by atoms with Gasteiger partial charge in [-0.25, -0.2) is 4.57 Å². The van der Waals surface area contributed by atoms with E-state index in [-0.39, 0.29) is 25.6 Å². The Morgan fingerprint density at radius 3 is 0.876 bits per heavy atom. The first-order valence-corrected chi connectivity index (χ1v) is 44.4. The second kappa shape index (κ2) is 78.1. The molecule has 0 aliphatic rings. The van der Waals surface area contributed by atoms with Crippen molar-refractivity contribution in [3.63, 3.8) is 0 Å². The van der Waals surface area contributed by atoms with Crippen LogP contribution >= 0.6 is 7.82 Å². The Morgan fingerprint density at radius 1 is 0.330 bits per heavy atom. The average Bonchev–Trinajstić information content (AvgIpc) is 1.69. The highest BCUT2D eigenvalue weighted by molar-refractivity contribution is 7.47. The maximum Gasteiger partial charge on any atom is 0.472 e. The van der Waals surface area contributed by atoms with Crippen molar-refractivity contribution in [2.45, 2.75) is 450 Å². The Labute approximate surface area is 604 Å². The van der Waals surface area contributed by atoms with Gasteiger partial charge in [0.25, 0.3) is 0 Å². The Balaban J connectivity index is 3.86. The summed E-state index contributed by atoms with van der Waals surface area (Å²) in [6.07, 6.45) is 104. The molecule has 97 heavy (non-hydrogen) atoms. The Hall–Kier alpha value is -2.03. The molecule has 2 atom stereocenters. The van der Waals surface area contributed by atoms with E-state index in [1.54, 1.807) is 0 Å². The van der Waals surface area contributed by atoms with Crippen molar-refractivity contribution in [3.05, 3.63) is 48.6 Å². The van der Waals surface area contributed by atoms with Gasteiger partial charge in [0.2, 0.25) is 0 Å². The Bertz CT molecular complexity index is 1770. The summed E-state index contributed by atoms with van der Waals surface area (Å²) < 4.78 is 34.9. The van der Waals surface area contributed by atoms with Crippen molar-refractivity contribution in [3.8, 4) is 0 Å². The fourth-order valence-corrected chi connectivity index (χ4v) is 13.9. The molecule has 0 saturated carbocycles. The lowest BCUT2D eigenvalue weighted by molar-refractivity contribution is -0.870. The fraction of sp³-hybridized carbons (Fsp3) is 0.885. The molecule has 0 bridgehead atoms. The quantitative estimate of drug-likeness (QED) is 0.0211. The van der Waals surface area contributed by atoms with Gasteiger partial charge in [-0.1, -0.05) is 428 Å². The lowest BCUT2D eigenvalue weighted by atomic mass is 10.0. The first-order chi connectivity index (χ1) is 47.5. The van der Waals surface area contributed by atoms with E-state index in [0.717, 1.165) is 57.8 Å². The smallest absolute Gasteiger partial charge is 0.462 e. The summed E-state index contributed by atoms with van der Waals surface area (Å²) >= 11 is 0. The maximum atomic E-state index is 12.9. The minimum atomic E-state index is -4.39. The molecule has 9 nitrogen and oxygen atoms in total. The van der Waals surface area contributed by atoms with E-state index in [1.165, 1.54) is 353 Å². The van der Waals surface area contributed by atoms with Gasteiger partial charge >= 0.3 is 19.8 Å². The molecule has 572 valence electrons. The number of carbonyl (C=O) groups is 2. The van der Waals surface area contributed by atoms with Crippen molar-refractivity contribution >= 4 is 19.8 Å². The standard InChI is InChI=1S/C87H166NO8P/c1-6-8-10-12-14-16-18-20-22-24-26-28-30-32-34-36-38-40-42-43-44-46-47-49-51-53-55-57-59-61-63-65-67-69-71-73-75-77-79-86(89)93-83-85(84-95-97(91,92)94-82-81-88(3,4)5)96-87(90)80-78-76-74-72-70-68-66-64-62-60-58-56-54-52-50-48-45-41-39-37-35-33-31-29-27-25-23-21-19-17-15-13-11-9-7-2/h9,11,15,17,21,23,27,29,85H,6-8,10,12-14,16,18-20,22,24-26,28,30-84H2,1-5H3/p+1/b11-9-,17-15-,23-21-,29-27-.